The van der Waals surface area contributed by atoms with Crippen molar-refractivity contribution in [3.63, 3.8) is 0 Å². The van der Waals surface area contributed by atoms with E-state index in [-0.39, 0.29) is 13.2 Å². The van der Waals surface area contributed by atoms with Gasteiger partial charge >= 0.3 is 0 Å². The minimum Gasteiger partial charge on any atom is -0.394 e. The molecule has 3 nitrogen and oxygen atoms in total. The minimum atomic E-state index is -0.718. The lowest BCUT2D eigenvalue weighted by atomic mass is 10.4. The fourth-order valence-electron chi connectivity index (χ4n) is 0.245. The molecule has 0 saturated heterocycles. The summed E-state index contributed by atoms with van der Waals surface area (Å²) in [5, 5.41) is 16.6. The van der Waals surface area contributed by atoms with Crippen molar-refractivity contribution in [3.8, 4) is 0 Å². The summed E-state index contributed by atoms with van der Waals surface area (Å²) in [5.74, 6) is 0. The summed E-state index contributed by atoms with van der Waals surface area (Å²) in [6, 6.07) is 0. The van der Waals surface area contributed by atoms with Gasteiger partial charge in [-0.1, -0.05) is 6.08 Å². The number of allylic oxidation sites excluding steroid dienone is 1. The summed E-state index contributed by atoms with van der Waals surface area (Å²) >= 11 is 0. The normalized spacial score (nSPS) is 11.2. The molecule has 0 amide bonds. The molecule has 0 aromatic carbocycles. The molecule has 0 aromatic rings. The molecule has 2 N–H and O–H groups in total. The van der Waals surface area contributed by atoms with Crippen LogP contribution in [0.25, 0.3) is 0 Å². The highest BCUT2D eigenvalue weighted by Crippen LogP contribution is 1.77. The third kappa shape index (κ3) is 15.6. The van der Waals surface area contributed by atoms with E-state index >= 15 is 0 Å². The van der Waals surface area contributed by atoms with Crippen molar-refractivity contribution >= 4 is 0 Å². The molecule has 0 fully saturated rings. The summed E-state index contributed by atoms with van der Waals surface area (Å²) in [6.07, 6.45) is 1.03. The molecular weight excluding hydrogens is 132 g/mol. The molecule has 0 aliphatic rings. The van der Waals surface area contributed by atoms with E-state index in [4.69, 9.17) is 10.2 Å². The van der Waals surface area contributed by atoms with E-state index in [0.29, 0.717) is 0 Å². The van der Waals surface area contributed by atoms with E-state index in [1.807, 2.05) is 6.92 Å². The quantitative estimate of drug-likeness (QED) is 0.561. The van der Waals surface area contributed by atoms with Crippen LogP contribution in [0.4, 0.5) is 0 Å². The smallest absolute Gasteiger partial charge is 0.100 e. The van der Waals surface area contributed by atoms with Crippen LogP contribution in [0, 0.1) is 0 Å². The van der Waals surface area contributed by atoms with Gasteiger partial charge in [0.2, 0.25) is 0 Å². The van der Waals surface area contributed by atoms with E-state index in [2.05, 4.69) is 11.3 Å². The van der Waals surface area contributed by atoms with Gasteiger partial charge < -0.3 is 14.9 Å². The standard InChI is InChI=1S/C4H10O3.C3H6/c1-7-3-4(6)2-5;1-3-2/h4-6H,2-3H2,1H3;3H,1H2,2H3. The van der Waals surface area contributed by atoms with Crippen molar-refractivity contribution in [2.45, 2.75) is 13.0 Å². The molecule has 0 heterocycles. The Bertz CT molecular complexity index is 63.9. The number of methoxy groups -OCH3 is 1. The van der Waals surface area contributed by atoms with Gasteiger partial charge in [0, 0.05) is 7.11 Å². The molecule has 0 aliphatic heterocycles. The first-order valence-electron chi connectivity index (χ1n) is 3.07. The average molecular weight is 148 g/mol. The Balaban J connectivity index is 0. The van der Waals surface area contributed by atoms with Crippen molar-refractivity contribution < 1.29 is 14.9 Å². The zero-order chi connectivity index (χ0) is 8.41. The van der Waals surface area contributed by atoms with Crippen LogP contribution in [-0.2, 0) is 4.74 Å². The lowest BCUT2D eigenvalue weighted by molar-refractivity contribution is 0.0254. The highest BCUT2D eigenvalue weighted by molar-refractivity contribution is 4.51. The van der Waals surface area contributed by atoms with Gasteiger partial charge in [0.1, 0.15) is 6.10 Å². The lowest BCUT2D eigenvalue weighted by Crippen LogP contribution is -2.17. The van der Waals surface area contributed by atoms with Crippen LogP contribution in [0.1, 0.15) is 6.92 Å². The topological polar surface area (TPSA) is 49.7 Å². The Morgan fingerprint density at radius 1 is 1.70 bits per heavy atom. The lowest BCUT2D eigenvalue weighted by Gasteiger charge is -2.01. The Kier molecular flexibility index (Phi) is 14.1. The van der Waals surface area contributed by atoms with E-state index in [0.717, 1.165) is 0 Å². The molecule has 62 valence electrons. The van der Waals surface area contributed by atoms with E-state index in [9.17, 15) is 0 Å². The molecule has 0 bridgehead atoms. The summed E-state index contributed by atoms with van der Waals surface area (Å²) < 4.78 is 4.48. The number of aliphatic hydroxyl groups is 2. The molecule has 10 heavy (non-hydrogen) atoms. The van der Waals surface area contributed by atoms with E-state index in [1.54, 1.807) is 6.08 Å². The maximum Gasteiger partial charge on any atom is 0.100 e. The van der Waals surface area contributed by atoms with Crippen LogP contribution in [0.5, 0.6) is 0 Å². The van der Waals surface area contributed by atoms with Crippen LogP contribution in [-0.4, -0.2) is 36.6 Å². The van der Waals surface area contributed by atoms with Crippen LogP contribution < -0.4 is 0 Å². The Labute approximate surface area is 61.9 Å². The third-order valence-electron chi connectivity index (χ3n) is 0.570. The first-order valence-corrected chi connectivity index (χ1v) is 3.07. The van der Waals surface area contributed by atoms with Gasteiger partial charge in [0.15, 0.2) is 0 Å². The number of rotatable bonds is 3. The number of ether oxygens (including phenoxy) is 1. The number of hydrogen-bond acceptors (Lipinski definition) is 3. The number of hydrogen-bond donors (Lipinski definition) is 2. The second-order valence-electron chi connectivity index (χ2n) is 1.70. The van der Waals surface area contributed by atoms with Gasteiger partial charge in [0.25, 0.3) is 0 Å². The molecular formula is C7H16O3. The fraction of sp³-hybridized carbons (Fsp3) is 0.714. The highest BCUT2D eigenvalue weighted by atomic mass is 16.5. The number of aliphatic hydroxyl groups excluding tert-OH is 2. The maximum atomic E-state index is 8.48. The third-order valence-corrected chi connectivity index (χ3v) is 0.570. The molecule has 0 aliphatic carbocycles. The van der Waals surface area contributed by atoms with Crippen LogP contribution >= 0.6 is 0 Å². The Morgan fingerprint density at radius 3 is 2.20 bits per heavy atom. The summed E-state index contributed by atoms with van der Waals surface area (Å²) in [5.41, 5.74) is 0. The molecule has 0 rings (SSSR count). The molecule has 0 aromatic heterocycles. The van der Waals surface area contributed by atoms with E-state index < -0.39 is 6.10 Å². The molecule has 0 saturated carbocycles. The van der Waals surface area contributed by atoms with Crippen molar-refractivity contribution in [2.24, 2.45) is 0 Å². The first kappa shape index (κ1) is 12.3. The molecule has 0 radical (unpaired) electrons. The average Bonchev–Trinajstić information content (AvgIpc) is 1.90. The summed E-state index contributed by atoms with van der Waals surface area (Å²) in [4.78, 5) is 0. The maximum absolute atomic E-state index is 8.48. The summed E-state index contributed by atoms with van der Waals surface area (Å²) in [7, 11) is 1.47. The van der Waals surface area contributed by atoms with Gasteiger partial charge in [-0.05, 0) is 6.92 Å². The van der Waals surface area contributed by atoms with Crippen LogP contribution in [0.15, 0.2) is 12.7 Å². The van der Waals surface area contributed by atoms with Crippen molar-refractivity contribution in [1.82, 2.24) is 0 Å². The van der Waals surface area contributed by atoms with Crippen molar-refractivity contribution in [3.05, 3.63) is 12.7 Å². The van der Waals surface area contributed by atoms with Gasteiger partial charge in [-0.3, -0.25) is 0 Å². The minimum absolute atomic E-state index is 0.205. The summed E-state index contributed by atoms with van der Waals surface area (Å²) in [6.45, 7) is 5.23. The predicted octanol–water partition coefficient (Wildman–Crippen LogP) is 0.178. The Hall–Kier alpha value is -0.380. The van der Waals surface area contributed by atoms with Crippen molar-refractivity contribution in [1.29, 1.82) is 0 Å². The second kappa shape index (κ2) is 11.4. The van der Waals surface area contributed by atoms with Gasteiger partial charge in [0.05, 0.1) is 13.2 Å². The largest absolute Gasteiger partial charge is 0.394 e. The van der Waals surface area contributed by atoms with Crippen LogP contribution in [0.3, 0.4) is 0 Å². The Morgan fingerprint density at radius 2 is 2.10 bits per heavy atom. The van der Waals surface area contributed by atoms with Gasteiger partial charge in [-0.15, -0.1) is 6.58 Å². The SMILES string of the molecule is C=CC.COCC(O)CO. The monoisotopic (exact) mass is 148 g/mol. The van der Waals surface area contributed by atoms with Crippen LogP contribution in [0.2, 0.25) is 0 Å². The molecule has 1 unspecified atom stereocenters. The fourth-order valence-corrected chi connectivity index (χ4v) is 0.245. The second-order valence-corrected chi connectivity index (χ2v) is 1.70. The molecule has 1 atom stereocenters. The van der Waals surface area contributed by atoms with E-state index in [1.165, 1.54) is 7.11 Å². The molecule has 0 spiro atoms. The van der Waals surface area contributed by atoms with Gasteiger partial charge in [-0.2, -0.15) is 0 Å². The van der Waals surface area contributed by atoms with Crippen molar-refractivity contribution in [2.75, 3.05) is 20.3 Å². The van der Waals surface area contributed by atoms with Gasteiger partial charge in [-0.25, -0.2) is 0 Å². The predicted molar refractivity (Wildman–Crippen MR) is 40.8 cm³/mol. The highest BCUT2D eigenvalue weighted by Gasteiger charge is 1.96. The zero-order valence-corrected chi connectivity index (χ0v) is 6.58. The zero-order valence-electron chi connectivity index (χ0n) is 6.58. The first-order chi connectivity index (χ1) is 4.72. The molecule has 3 heteroatoms.